The molecule has 6 heteroatoms. The third-order valence-electron chi connectivity index (χ3n) is 5.88. The number of rotatable bonds is 7. The molecule has 5 nitrogen and oxygen atoms in total. The van der Waals surface area contributed by atoms with Gasteiger partial charge in [0.25, 0.3) is 0 Å². The number of likely N-dealkylation sites (tertiary alicyclic amines) is 1. The molecule has 3 rings (SSSR count). The van der Waals surface area contributed by atoms with Gasteiger partial charge < -0.3 is 15.2 Å². The quantitative estimate of drug-likeness (QED) is 0.786. The third-order valence-corrected chi connectivity index (χ3v) is 6.16. The van der Waals surface area contributed by atoms with Crippen molar-refractivity contribution in [2.45, 2.75) is 40.7 Å². The van der Waals surface area contributed by atoms with Gasteiger partial charge in [0.05, 0.1) is 23.7 Å². The van der Waals surface area contributed by atoms with Gasteiger partial charge in [0, 0.05) is 19.6 Å². The van der Waals surface area contributed by atoms with Crippen LogP contribution in [0.1, 0.15) is 39.7 Å². The van der Waals surface area contributed by atoms with Gasteiger partial charge in [0.1, 0.15) is 0 Å². The van der Waals surface area contributed by atoms with Crippen LogP contribution in [0.4, 0.5) is 0 Å². The third kappa shape index (κ3) is 3.16. The van der Waals surface area contributed by atoms with Gasteiger partial charge in [-0.15, -0.1) is 0 Å². The molecule has 1 saturated carbocycles. The molecule has 1 saturated heterocycles. The molecule has 1 heterocycles. The molecule has 2 aliphatic rings. The van der Waals surface area contributed by atoms with Crippen LogP contribution in [0, 0.1) is 16.7 Å². The van der Waals surface area contributed by atoms with Crippen LogP contribution in [-0.4, -0.2) is 37.1 Å². The van der Waals surface area contributed by atoms with Gasteiger partial charge in [0.15, 0.2) is 11.5 Å². The molecule has 2 N–H and O–H groups in total. The summed E-state index contributed by atoms with van der Waals surface area (Å²) in [6.07, 6.45) is 0.866. The average molecular weight is 381 g/mol. The highest BCUT2D eigenvalue weighted by molar-refractivity contribution is 6.32. The molecule has 2 atom stereocenters. The maximum Gasteiger partial charge on any atom is 0.225 e. The van der Waals surface area contributed by atoms with Crippen molar-refractivity contribution >= 4 is 17.5 Å². The highest BCUT2D eigenvalue weighted by atomic mass is 35.5. The van der Waals surface area contributed by atoms with E-state index in [2.05, 4.69) is 18.7 Å². The minimum atomic E-state index is -0.374. The van der Waals surface area contributed by atoms with Gasteiger partial charge in [-0.2, -0.15) is 0 Å². The maximum atomic E-state index is 12.1. The van der Waals surface area contributed by atoms with E-state index < -0.39 is 0 Å². The lowest BCUT2D eigenvalue weighted by Gasteiger charge is -2.54. The van der Waals surface area contributed by atoms with Crippen LogP contribution < -0.4 is 15.2 Å². The summed E-state index contributed by atoms with van der Waals surface area (Å²) in [6, 6.07) is 3.92. The van der Waals surface area contributed by atoms with Gasteiger partial charge in [0.2, 0.25) is 5.91 Å². The Morgan fingerprint density at radius 3 is 2.54 bits per heavy atom. The van der Waals surface area contributed by atoms with Crippen LogP contribution in [0.25, 0.3) is 0 Å². The second-order valence-electron chi connectivity index (χ2n) is 8.18. The lowest BCUT2D eigenvalue weighted by molar-refractivity contribution is -0.148. The van der Waals surface area contributed by atoms with Crippen molar-refractivity contribution in [2.75, 3.05) is 26.3 Å². The summed E-state index contributed by atoms with van der Waals surface area (Å²) in [5, 5.41) is 0.555. The number of nitrogens with two attached hydrogens (primary N) is 1. The molecular formula is C20H29ClN2O3. The van der Waals surface area contributed by atoms with E-state index in [1.54, 1.807) is 0 Å². The zero-order chi connectivity index (χ0) is 19.1. The molecule has 1 aromatic rings. The van der Waals surface area contributed by atoms with Crippen molar-refractivity contribution in [1.82, 2.24) is 4.90 Å². The number of amides is 1. The first-order chi connectivity index (χ1) is 12.2. The van der Waals surface area contributed by atoms with E-state index in [1.807, 2.05) is 26.0 Å². The van der Waals surface area contributed by atoms with Crippen molar-refractivity contribution in [1.29, 1.82) is 0 Å². The summed E-state index contributed by atoms with van der Waals surface area (Å²) in [6.45, 7) is 11.7. The average Bonchev–Trinajstić information content (AvgIpc) is 2.86. The van der Waals surface area contributed by atoms with Crippen LogP contribution in [0.2, 0.25) is 5.02 Å². The summed E-state index contributed by atoms with van der Waals surface area (Å²) >= 11 is 6.43. The van der Waals surface area contributed by atoms with E-state index >= 15 is 0 Å². The number of hydrogen-bond acceptors (Lipinski definition) is 4. The molecule has 1 aromatic carbocycles. The molecular weight excluding hydrogens is 352 g/mol. The predicted molar refractivity (Wildman–Crippen MR) is 103 cm³/mol. The second kappa shape index (κ2) is 6.93. The number of halogens is 1. The molecule has 0 unspecified atom stereocenters. The van der Waals surface area contributed by atoms with E-state index in [0.717, 1.165) is 18.5 Å². The Hall–Kier alpha value is -1.46. The number of fused-ring (bicyclic) bond motifs is 1. The molecule has 1 aliphatic heterocycles. The number of primary amides is 1. The first kappa shape index (κ1) is 19.3. The fraction of sp³-hybridized carbons (Fsp3) is 0.650. The topological polar surface area (TPSA) is 64.8 Å². The minimum Gasteiger partial charge on any atom is -0.490 e. The number of hydrogen-bond donors (Lipinski definition) is 1. The first-order valence-corrected chi connectivity index (χ1v) is 9.71. The Labute approximate surface area is 160 Å². The molecule has 144 valence electrons. The highest BCUT2D eigenvalue weighted by Crippen LogP contribution is 2.62. The molecule has 0 aromatic heterocycles. The van der Waals surface area contributed by atoms with Gasteiger partial charge >= 0.3 is 0 Å². The molecule has 0 bridgehead atoms. The Kier molecular flexibility index (Phi) is 5.15. The summed E-state index contributed by atoms with van der Waals surface area (Å²) in [4.78, 5) is 14.4. The van der Waals surface area contributed by atoms with Crippen LogP contribution >= 0.6 is 11.6 Å². The first-order valence-electron chi connectivity index (χ1n) is 9.33. The number of ether oxygens (including phenoxy) is 2. The fourth-order valence-corrected chi connectivity index (χ4v) is 5.25. The number of carbonyl (C=O) groups is 1. The van der Waals surface area contributed by atoms with Crippen molar-refractivity contribution < 1.29 is 14.3 Å². The number of benzene rings is 1. The maximum absolute atomic E-state index is 12.1. The van der Waals surface area contributed by atoms with E-state index in [4.69, 9.17) is 26.8 Å². The van der Waals surface area contributed by atoms with Crippen molar-refractivity contribution in [3.63, 3.8) is 0 Å². The summed E-state index contributed by atoms with van der Waals surface area (Å²) in [7, 11) is 0. The number of carbonyl (C=O) groups excluding carboxylic acids is 1. The summed E-state index contributed by atoms with van der Waals surface area (Å²) < 4.78 is 11.4. The summed E-state index contributed by atoms with van der Waals surface area (Å²) in [5.41, 5.74) is 6.61. The van der Waals surface area contributed by atoms with Crippen LogP contribution in [0.15, 0.2) is 12.1 Å². The van der Waals surface area contributed by atoms with Crippen LogP contribution in [0.3, 0.4) is 0 Å². The minimum absolute atomic E-state index is 0.163. The molecule has 0 radical (unpaired) electrons. The normalized spacial score (nSPS) is 26.9. The summed E-state index contributed by atoms with van der Waals surface area (Å²) in [5.74, 6) is 1.42. The molecule has 26 heavy (non-hydrogen) atoms. The molecule has 2 fully saturated rings. The van der Waals surface area contributed by atoms with Crippen LogP contribution in [0.5, 0.6) is 11.5 Å². The Bertz CT molecular complexity index is 707. The number of nitrogens with zero attached hydrogens (tertiary/aromatic N) is 1. The zero-order valence-electron chi connectivity index (χ0n) is 16.1. The largest absolute Gasteiger partial charge is 0.490 e. The van der Waals surface area contributed by atoms with Gasteiger partial charge in [-0.25, -0.2) is 0 Å². The van der Waals surface area contributed by atoms with Gasteiger partial charge in [-0.3, -0.25) is 9.69 Å². The predicted octanol–water partition coefficient (Wildman–Crippen LogP) is 3.47. The highest BCUT2D eigenvalue weighted by Gasteiger charge is 2.65. The van der Waals surface area contributed by atoms with Gasteiger partial charge in [-0.1, -0.05) is 25.4 Å². The lowest BCUT2D eigenvalue weighted by Crippen LogP contribution is -2.59. The van der Waals surface area contributed by atoms with Crippen molar-refractivity contribution in [3.05, 3.63) is 22.7 Å². The second-order valence-corrected chi connectivity index (χ2v) is 8.59. The monoisotopic (exact) mass is 380 g/mol. The van der Waals surface area contributed by atoms with E-state index in [0.29, 0.717) is 48.7 Å². The smallest absolute Gasteiger partial charge is 0.225 e. The molecule has 0 spiro atoms. The Balaban J connectivity index is 1.80. The van der Waals surface area contributed by atoms with E-state index in [1.165, 1.54) is 0 Å². The molecule has 1 amide bonds. The van der Waals surface area contributed by atoms with Crippen molar-refractivity contribution in [2.24, 2.45) is 22.5 Å². The lowest BCUT2D eigenvalue weighted by atomic mass is 9.48. The van der Waals surface area contributed by atoms with Gasteiger partial charge in [-0.05, 0) is 49.3 Å². The zero-order valence-corrected chi connectivity index (χ0v) is 16.9. The van der Waals surface area contributed by atoms with E-state index in [-0.39, 0.29) is 16.7 Å². The van der Waals surface area contributed by atoms with E-state index in [9.17, 15) is 4.79 Å². The molecule has 1 aliphatic carbocycles. The van der Waals surface area contributed by atoms with Crippen LogP contribution in [-0.2, 0) is 11.3 Å². The Morgan fingerprint density at radius 2 is 2.00 bits per heavy atom. The SMILES string of the molecule is CCOc1cc(CN2C[C@@H]3C(C)(C)C[C@]3(C(N)=O)C2)cc(Cl)c1OCC. The fourth-order valence-electron chi connectivity index (χ4n) is 4.96. The van der Waals surface area contributed by atoms with Crippen molar-refractivity contribution in [3.8, 4) is 11.5 Å². The Morgan fingerprint density at radius 1 is 1.31 bits per heavy atom. The standard InChI is InChI=1S/C20H29ClN2O3/c1-5-25-15-8-13(7-14(21)17(15)26-6-2)9-23-10-16-19(3,4)11-20(16,12-23)18(22)24/h7-8,16H,5-6,9-12H2,1-4H3,(H2,22,24)/t16-,20+/m1/s1.